The molecule has 0 bridgehead atoms. The summed E-state index contributed by atoms with van der Waals surface area (Å²) in [4.78, 5) is 13.9. The van der Waals surface area contributed by atoms with Gasteiger partial charge in [-0.15, -0.1) is 0 Å². The molecular weight excluding hydrogens is 226 g/mol. The van der Waals surface area contributed by atoms with E-state index in [9.17, 15) is 4.79 Å². The van der Waals surface area contributed by atoms with E-state index in [0.29, 0.717) is 5.56 Å². The Morgan fingerprint density at radius 1 is 1.28 bits per heavy atom. The summed E-state index contributed by atoms with van der Waals surface area (Å²) < 4.78 is 0. The minimum atomic E-state index is -0.0794. The summed E-state index contributed by atoms with van der Waals surface area (Å²) in [5, 5.41) is 2.63. The first-order valence-corrected chi connectivity index (χ1v) is 6.50. The smallest absolute Gasteiger partial charge is 0.251 e. The van der Waals surface area contributed by atoms with Crippen LogP contribution in [0.5, 0.6) is 0 Å². The topological polar surface area (TPSA) is 58.4 Å². The van der Waals surface area contributed by atoms with Crippen LogP contribution in [0.4, 0.5) is 11.4 Å². The average molecular weight is 249 g/mol. The number of rotatable bonds is 6. The third kappa shape index (κ3) is 3.39. The molecule has 0 spiro atoms. The van der Waals surface area contributed by atoms with Crippen LogP contribution in [0, 0.1) is 0 Å². The molecule has 0 aliphatic carbocycles. The fourth-order valence-corrected chi connectivity index (χ4v) is 2.00. The van der Waals surface area contributed by atoms with Gasteiger partial charge >= 0.3 is 0 Å². The lowest BCUT2D eigenvalue weighted by Gasteiger charge is -2.25. The second-order valence-corrected chi connectivity index (χ2v) is 4.34. The summed E-state index contributed by atoms with van der Waals surface area (Å²) in [6.45, 7) is 6.19. The van der Waals surface area contributed by atoms with E-state index in [1.165, 1.54) is 0 Å². The lowest BCUT2D eigenvalue weighted by atomic mass is 10.1. The highest BCUT2D eigenvalue weighted by molar-refractivity contribution is 5.96. The van der Waals surface area contributed by atoms with Crippen LogP contribution in [0.3, 0.4) is 0 Å². The van der Waals surface area contributed by atoms with Crippen molar-refractivity contribution in [2.75, 3.05) is 30.8 Å². The Morgan fingerprint density at radius 2 is 1.89 bits per heavy atom. The Morgan fingerprint density at radius 3 is 2.39 bits per heavy atom. The van der Waals surface area contributed by atoms with Crippen molar-refractivity contribution in [3.8, 4) is 0 Å². The van der Waals surface area contributed by atoms with Gasteiger partial charge in [-0.2, -0.15) is 0 Å². The molecule has 4 heteroatoms. The van der Waals surface area contributed by atoms with E-state index in [1.54, 1.807) is 19.2 Å². The molecule has 4 nitrogen and oxygen atoms in total. The number of nitrogens with two attached hydrogens (primary N) is 1. The molecule has 0 fully saturated rings. The molecule has 1 aromatic rings. The molecule has 0 saturated carbocycles. The van der Waals surface area contributed by atoms with E-state index in [-0.39, 0.29) is 5.91 Å². The highest BCUT2D eigenvalue weighted by Crippen LogP contribution is 2.25. The Bertz CT molecular complexity index is 398. The predicted octanol–water partition coefficient (Wildman–Crippen LogP) is 2.25. The van der Waals surface area contributed by atoms with E-state index in [2.05, 4.69) is 24.1 Å². The normalized spacial score (nSPS) is 10.2. The van der Waals surface area contributed by atoms with E-state index in [4.69, 9.17) is 5.73 Å². The van der Waals surface area contributed by atoms with Gasteiger partial charge in [0.15, 0.2) is 0 Å². The first-order valence-electron chi connectivity index (χ1n) is 6.50. The molecular formula is C14H23N3O. The van der Waals surface area contributed by atoms with Crippen LogP contribution < -0.4 is 16.0 Å². The van der Waals surface area contributed by atoms with Gasteiger partial charge in [0, 0.05) is 25.7 Å². The highest BCUT2D eigenvalue weighted by Gasteiger charge is 2.11. The van der Waals surface area contributed by atoms with Gasteiger partial charge in [0.25, 0.3) is 5.91 Å². The average Bonchev–Trinajstić information content (AvgIpc) is 2.38. The predicted molar refractivity (Wildman–Crippen MR) is 77.0 cm³/mol. The molecule has 0 radical (unpaired) electrons. The summed E-state index contributed by atoms with van der Waals surface area (Å²) in [6, 6.07) is 5.44. The van der Waals surface area contributed by atoms with Gasteiger partial charge in [0.05, 0.1) is 11.4 Å². The Balaban J connectivity index is 3.07. The van der Waals surface area contributed by atoms with Crippen molar-refractivity contribution in [3.05, 3.63) is 23.8 Å². The Kier molecular flexibility index (Phi) is 5.49. The molecule has 0 aliphatic heterocycles. The maximum atomic E-state index is 11.6. The van der Waals surface area contributed by atoms with Crippen LogP contribution in [-0.4, -0.2) is 26.0 Å². The summed E-state index contributed by atoms with van der Waals surface area (Å²) in [5.74, 6) is -0.0794. The SMILES string of the molecule is CCCN(CCC)c1cc(C(=O)NC)ccc1N. The van der Waals surface area contributed by atoms with E-state index in [0.717, 1.165) is 37.3 Å². The van der Waals surface area contributed by atoms with Crippen LogP contribution in [0.25, 0.3) is 0 Å². The zero-order valence-corrected chi connectivity index (χ0v) is 11.5. The monoisotopic (exact) mass is 249 g/mol. The third-order valence-corrected chi connectivity index (χ3v) is 2.85. The molecule has 3 N–H and O–H groups in total. The van der Waals surface area contributed by atoms with E-state index < -0.39 is 0 Å². The van der Waals surface area contributed by atoms with Crippen LogP contribution in [-0.2, 0) is 0 Å². The molecule has 18 heavy (non-hydrogen) atoms. The van der Waals surface area contributed by atoms with E-state index >= 15 is 0 Å². The lowest BCUT2D eigenvalue weighted by Crippen LogP contribution is -2.26. The molecule has 1 rings (SSSR count). The summed E-state index contributed by atoms with van der Waals surface area (Å²) in [6.07, 6.45) is 2.12. The second kappa shape index (κ2) is 6.89. The van der Waals surface area contributed by atoms with Crippen LogP contribution in [0.2, 0.25) is 0 Å². The second-order valence-electron chi connectivity index (χ2n) is 4.34. The summed E-state index contributed by atoms with van der Waals surface area (Å²) in [5.41, 5.74) is 8.36. The van der Waals surface area contributed by atoms with Crippen molar-refractivity contribution in [1.29, 1.82) is 0 Å². The van der Waals surface area contributed by atoms with Crippen molar-refractivity contribution in [2.24, 2.45) is 0 Å². The molecule has 0 atom stereocenters. The van der Waals surface area contributed by atoms with Gasteiger partial charge in [-0.25, -0.2) is 0 Å². The summed E-state index contributed by atoms with van der Waals surface area (Å²) >= 11 is 0. The van der Waals surface area contributed by atoms with Crippen LogP contribution in [0.1, 0.15) is 37.0 Å². The van der Waals surface area contributed by atoms with Gasteiger partial charge in [-0.1, -0.05) is 13.8 Å². The number of benzene rings is 1. The number of hydrogen-bond donors (Lipinski definition) is 2. The van der Waals surface area contributed by atoms with Crippen molar-refractivity contribution in [2.45, 2.75) is 26.7 Å². The van der Waals surface area contributed by atoms with Crippen LogP contribution in [0.15, 0.2) is 18.2 Å². The maximum Gasteiger partial charge on any atom is 0.251 e. The fourth-order valence-electron chi connectivity index (χ4n) is 2.00. The molecule has 1 aromatic carbocycles. The minimum absolute atomic E-state index is 0.0794. The number of amides is 1. The Labute approximate surface area is 109 Å². The fraction of sp³-hybridized carbons (Fsp3) is 0.500. The van der Waals surface area contributed by atoms with E-state index in [1.807, 2.05) is 6.07 Å². The molecule has 0 aromatic heterocycles. The first kappa shape index (κ1) is 14.4. The van der Waals surface area contributed by atoms with Crippen molar-refractivity contribution in [1.82, 2.24) is 5.32 Å². The number of nitrogens with one attached hydrogen (secondary N) is 1. The maximum absolute atomic E-state index is 11.6. The van der Waals surface area contributed by atoms with Gasteiger partial charge in [-0.05, 0) is 31.0 Å². The van der Waals surface area contributed by atoms with Crippen LogP contribution >= 0.6 is 0 Å². The van der Waals surface area contributed by atoms with Gasteiger partial charge in [0.1, 0.15) is 0 Å². The minimum Gasteiger partial charge on any atom is -0.397 e. The number of carbonyl (C=O) groups excluding carboxylic acids is 1. The molecule has 100 valence electrons. The number of hydrogen-bond acceptors (Lipinski definition) is 3. The van der Waals surface area contributed by atoms with Crippen molar-refractivity contribution >= 4 is 17.3 Å². The quantitative estimate of drug-likeness (QED) is 0.760. The van der Waals surface area contributed by atoms with Gasteiger partial charge in [-0.3, -0.25) is 4.79 Å². The standard InChI is InChI=1S/C14H23N3O/c1-4-8-17(9-5-2)13-10-11(14(18)16-3)6-7-12(13)15/h6-7,10H,4-5,8-9,15H2,1-3H3,(H,16,18). The number of anilines is 2. The molecule has 0 aliphatic rings. The number of nitrogens with zero attached hydrogens (tertiary/aromatic N) is 1. The van der Waals surface area contributed by atoms with Gasteiger partial charge in [0.2, 0.25) is 0 Å². The largest absolute Gasteiger partial charge is 0.397 e. The molecule has 0 unspecified atom stereocenters. The lowest BCUT2D eigenvalue weighted by molar-refractivity contribution is 0.0963. The molecule has 0 heterocycles. The highest BCUT2D eigenvalue weighted by atomic mass is 16.1. The van der Waals surface area contributed by atoms with Crippen molar-refractivity contribution < 1.29 is 4.79 Å². The first-order chi connectivity index (χ1) is 8.63. The molecule has 1 amide bonds. The summed E-state index contributed by atoms with van der Waals surface area (Å²) in [7, 11) is 1.63. The van der Waals surface area contributed by atoms with Gasteiger partial charge < -0.3 is 16.0 Å². The zero-order valence-electron chi connectivity index (χ0n) is 11.5. The van der Waals surface area contributed by atoms with Crippen molar-refractivity contribution in [3.63, 3.8) is 0 Å². The number of carbonyl (C=O) groups is 1. The number of nitrogen functional groups attached to an aromatic ring is 1. The zero-order chi connectivity index (χ0) is 13.5. The Hall–Kier alpha value is -1.71. The third-order valence-electron chi connectivity index (χ3n) is 2.85. The molecule has 0 saturated heterocycles.